The Labute approximate surface area is 239 Å². The highest BCUT2D eigenvalue weighted by Gasteiger charge is 2.31. The van der Waals surface area contributed by atoms with Gasteiger partial charge in [0, 0.05) is 24.5 Å². The minimum Gasteiger partial charge on any atom is -0.385 e. The molecule has 214 valence electrons. The van der Waals surface area contributed by atoms with Crippen LogP contribution in [0, 0.1) is 5.92 Å². The van der Waals surface area contributed by atoms with E-state index >= 15 is 0 Å². The van der Waals surface area contributed by atoms with Crippen LogP contribution >= 0.6 is 0 Å². The average molecular weight is 532 g/mol. The highest BCUT2D eigenvalue weighted by atomic mass is 15.4. The van der Waals surface area contributed by atoms with Gasteiger partial charge in [-0.15, -0.1) is 0 Å². The van der Waals surface area contributed by atoms with Crippen molar-refractivity contribution in [1.29, 1.82) is 0 Å². The van der Waals surface area contributed by atoms with E-state index in [1.165, 1.54) is 87.6 Å². The van der Waals surface area contributed by atoms with Crippen LogP contribution in [-0.4, -0.2) is 37.2 Å². The molecule has 1 saturated heterocycles. The van der Waals surface area contributed by atoms with Gasteiger partial charge in [-0.1, -0.05) is 75.4 Å². The summed E-state index contributed by atoms with van der Waals surface area (Å²) in [5, 5.41) is 11.0. The summed E-state index contributed by atoms with van der Waals surface area (Å²) in [7, 11) is 0. The SMILES string of the molecule is C=C(C[N+]1(CC(=C)NC(/C(C)=C\C)=C(/C)C(=C)NCC2CCCCC2)CCCCCC1)NCc1ccccc1. The number of likely N-dealkylation sites (tertiary alicyclic amines) is 1. The Morgan fingerprint density at radius 2 is 1.46 bits per heavy atom. The molecule has 4 nitrogen and oxygen atoms in total. The fraction of sp³-hybridized carbons (Fsp3) is 0.543. The molecule has 2 aliphatic rings. The molecule has 0 amide bonds. The van der Waals surface area contributed by atoms with E-state index in [2.05, 4.69) is 92.9 Å². The third-order valence-electron chi connectivity index (χ3n) is 8.74. The van der Waals surface area contributed by atoms with Crippen molar-refractivity contribution in [3.63, 3.8) is 0 Å². The minimum absolute atomic E-state index is 0.772. The number of nitrogens with zero attached hydrogens (tertiary/aromatic N) is 1. The maximum Gasteiger partial charge on any atom is 0.119 e. The van der Waals surface area contributed by atoms with E-state index in [0.717, 1.165) is 59.4 Å². The van der Waals surface area contributed by atoms with Crippen LogP contribution in [0.5, 0.6) is 0 Å². The van der Waals surface area contributed by atoms with Crippen molar-refractivity contribution in [2.45, 2.75) is 85.1 Å². The second kappa shape index (κ2) is 15.8. The van der Waals surface area contributed by atoms with Crippen molar-refractivity contribution in [3.05, 3.63) is 95.6 Å². The molecule has 0 unspecified atom stereocenters. The normalized spacial score (nSPS) is 18.9. The summed E-state index contributed by atoms with van der Waals surface area (Å²) in [5.41, 5.74) is 8.04. The number of allylic oxidation sites excluding steroid dienone is 3. The molecular formula is C35H55N4+. The van der Waals surface area contributed by atoms with E-state index in [9.17, 15) is 0 Å². The van der Waals surface area contributed by atoms with Gasteiger partial charge >= 0.3 is 0 Å². The van der Waals surface area contributed by atoms with Crippen LogP contribution in [0.1, 0.15) is 84.1 Å². The molecule has 0 radical (unpaired) electrons. The zero-order chi connectivity index (χ0) is 28.1. The lowest BCUT2D eigenvalue weighted by molar-refractivity contribution is -0.919. The third kappa shape index (κ3) is 10.1. The number of benzene rings is 1. The molecule has 39 heavy (non-hydrogen) atoms. The molecule has 0 aromatic heterocycles. The van der Waals surface area contributed by atoms with Crippen molar-refractivity contribution in [2.24, 2.45) is 5.92 Å². The first-order chi connectivity index (χ1) is 18.8. The van der Waals surface area contributed by atoms with E-state index < -0.39 is 0 Å². The largest absolute Gasteiger partial charge is 0.385 e. The Hall–Kier alpha value is -2.72. The predicted octanol–water partition coefficient (Wildman–Crippen LogP) is 7.71. The number of hydrogen-bond donors (Lipinski definition) is 3. The van der Waals surface area contributed by atoms with Crippen molar-refractivity contribution in [3.8, 4) is 0 Å². The summed E-state index contributed by atoms with van der Waals surface area (Å²) < 4.78 is 1.01. The molecule has 1 aromatic carbocycles. The highest BCUT2D eigenvalue weighted by molar-refractivity contribution is 5.41. The zero-order valence-electron chi connectivity index (χ0n) is 25.2. The predicted molar refractivity (Wildman–Crippen MR) is 169 cm³/mol. The Morgan fingerprint density at radius 1 is 0.846 bits per heavy atom. The molecular weight excluding hydrogens is 476 g/mol. The van der Waals surface area contributed by atoms with Gasteiger partial charge in [0.25, 0.3) is 0 Å². The number of hydrogen-bond acceptors (Lipinski definition) is 3. The summed E-state index contributed by atoms with van der Waals surface area (Å²) in [6, 6.07) is 10.6. The molecule has 0 spiro atoms. The van der Waals surface area contributed by atoms with Crippen LogP contribution in [0.2, 0.25) is 0 Å². The summed E-state index contributed by atoms with van der Waals surface area (Å²) in [4.78, 5) is 0. The Bertz CT molecular complexity index is 1000. The Kier molecular flexibility index (Phi) is 12.5. The van der Waals surface area contributed by atoms with Crippen LogP contribution in [0.25, 0.3) is 0 Å². The maximum absolute atomic E-state index is 4.55. The van der Waals surface area contributed by atoms with Crippen LogP contribution in [0.15, 0.2) is 90.1 Å². The summed E-state index contributed by atoms with van der Waals surface area (Å²) >= 11 is 0. The van der Waals surface area contributed by atoms with Gasteiger partial charge in [-0.2, -0.15) is 0 Å². The second-order valence-electron chi connectivity index (χ2n) is 12.0. The van der Waals surface area contributed by atoms with E-state index in [0.29, 0.717) is 0 Å². The topological polar surface area (TPSA) is 36.1 Å². The van der Waals surface area contributed by atoms with Crippen LogP contribution in [0.4, 0.5) is 0 Å². The minimum atomic E-state index is 0.772. The van der Waals surface area contributed by atoms with E-state index in [1.54, 1.807) is 0 Å². The molecule has 1 aliphatic heterocycles. The molecule has 0 bridgehead atoms. The van der Waals surface area contributed by atoms with Gasteiger partial charge in [-0.25, -0.2) is 0 Å². The molecule has 2 fully saturated rings. The number of nitrogens with one attached hydrogen (secondary N) is 3. The second-order valence-corrected chi connectivity index (χ2v) is 12.0. The molecule has 4 heteroatoms. The van der Waals surface area contributed by atoms with E-state index in [1.807, 2.05) is 0 Å². The van der Waals surface area contributed by atoms with Gasteiger partial charge < -0.3 is 20.4 Å². The van der Waals surface area contributed by atoms with Gasteiger partial charge in [-0.3, -0.25) is 0 Å². The first-order valence-electron chi connectivity index (χ1n) is 15.3. The summed E-state index contributed by atoms with van der Waals surface area (Å²) in [6.07, 6.45) is 14.1. The standard InChI is InChI=1S/C35H55N4/c1-7-28(2)35(31(5)32(6)37-25-34-20-14-11-15-21-34)38-30(4)27-39(22-16-8-9-17-23-39)26-29(3)36-24-33-18-12-10-13-19-33/h7,10,12-13,18-19,34,36-38H,3-4,6,8-9,11,14-17,20-27H2,1-2,5H3/q+1/b28-7-,35-31-. The zero-order valence-corrected chi connectivity index (χ0v) is 25.2. The molecule has 1 saturated carbocycles. The van der Waals surface area contributed by atoms with Gasteiger partial charge in [0.15, 0.2) is 0 Å². The summed E-state index contributed by atoms with van der Waals surface area (Å²) in [6.45, 7) is 25.9. The lowest BCUT2D eigenvalue weighted by Crippen LogP contribution is -2.53. The van der Waals surface area contributed by atoms with Crippen molar-refractivity contribution in [2.75, 3.05) is 32.7 Å². The van der Waals surface area contributed by atoms with Crippen molar-refractivity contribution >= 4 is 0 Å². The van der Waals surface area contributed by atoms with Crippen molar-refractivity contribution < 1.29 is 4.48 Å². The number of quaternary nitrogens is 1. The summed E-state index contributed by atoms with van der Waals surface area (Å²) in [5.74, 6) is 0.772. The first kappa shape index (κ1) is 30.8. The maximum atomic E-state index is 4.55. The fourth-order valence-electron chi connectivity index (χ4n) is 6.21. The van der Waals surface area contributed by atoms with Crippen LogP contribution in [0.3, 0.4) is 0 Å². The van der Waals surface area contributed by atoms with Gasteiger partial charge in [-0.05, 0) is 81.9 Å². The molecule has 3 rings (SSSR count). The van der Waals surface area contributed by atoms with Crippen LogP contribution in [-0.2, 0) is 6.54 Å². The molecule has 1 aliphatic carbocycles. The number of rotatable bonds is 14. The van der Waals surface area contributed by atoms with Gasteiger partial charge in [0.2, 0.25) is 0 Å². The molecule has 1 aromatic rings. The smallest absolute Gasteiger partial charge is 0.119 e. The fourth-order valence-corrected chi connectivity index (χ4v) is 6.21. The monoisotopic (exact) mass is 531 g/mol. The quantitative estimate of drug-likeness (QED) is 0.170. The van der Waals surface area contributed by atoms with Crippen LogP contribution < -0.4 is 16.0 Å². The Balaban J connectivity index is 1.67. The van der Waals surface area contributed by atoms with Gasteiger partial charge in [0.1, 0.15) is 13.1 Å². The Morgan fingerprint density at radius 3 is 2.10 bits per heavy atom. The lowest BCUT2D eigenvalue weighted by atomic mass is 9.89. The van der Waals surface area contributed by atoms with E-state index in [4.69, 9.17) is 0 Å². The van der Waals surface area contributed by atoms with E-state index in [-0.39, 0.29) is 0 Å². The lowest BCUT2D eigenvalue weighted by Gasteiger charge is -2.39. The average Bonchev–Trinajstić information content (AvgIpc) is 3.19. The highest BCUT2D eigenvalue weighted by Crippen LogP contribution is 2.25. The third-order valence-corrected chi connectivity index (χ3v) is 8.74. The molecule has 3 N–H and O–H groups in total. The molecule has 1 heterocycles. The van der Waals surface area contributed by atoms with Gasteiger partial charge in [0.05, 0.1) is 24.5 Å². The first-order valence-corrected chi connectivity index (χ1v) is 15.3. The van der Waals surface area contributed by atoms with Crippen molar-refractivity contribution in [1.82, 2.24) is 16.0 Å². The molecule has 0 atom stereocenters.